The van der Waals surface area contributed by atoms with Crippen molar-refractivity contribution in [1.29, 1.82) is 0 Å². The molecule has 6 heteroatoms. The van der Waals surface area contributed by atoms with Crippen molar-refractivity contribution in [1.82, 2.24) is 14.8 Å². The minimum Gasteiger partial charge on any atom is -0.494 e. The highest BCUT2D eigenvalue weighted by molar-refractivity contribution is 5.83. The highest BCUT2D eigenvalue weighted by atomic mass is 16.3. The molecular formula is C23H21N3O3. The Bertz CT molecular complexity index is 1260. The quantitative estimate of drug-likeness (QED) is 0.501. The lowest BCUT2D eigenvalue weighted by Gasteiger charge is -2.10. The van der Waals surface area contributed by atoms with E-state index in [-0.39, 0.29) is 17.3 Å². The molecule has 0 saturated carbocycles. The van der Waals surface area contributed by atoms with Crippen molar-refractivity contribution in [3.63, 3.8) is 0 Å². The van der Waals surface area contributed by atoms with Crippen molar-refractivity contribution in [2.45, 2.75) is 32.1 Å². The van der Waals surface area contributed by atoms with E-state index < -0.39 is 0 Å². The number of hydrogen-bond acceptors (Lipinski definition) is 4. The van der Waals surface area contributed by atoms with Crippen LogP contribution >= 0.6 is 0 Å². The van der Waals surface area contributed by atoms with Crippen LogP contribution in [0.4, 0.5) is 0 Å². The first kappa shape index (κ1) is 17.6. The standard InChI is InChI=1S/C23H21N3O3/c27-21-17-9-2-1-8-16(17)20(24-25-21)13-14-6-5-7-15(12-14)26-22(28)18-10-3-4-11-19(18)23(26)29/h1-2,5-9,12,28-29H,3-4,10-11,13H2,(H,25,27). The average Bonchev–Trinajstić information content (AvgIpc) is 3.01. The van der Waals surface area contributed by atoms with Crippen molar-refractivity contribution < 1.29 is 10.2 Å². The molecule has 0 spiro atoms. The predicted octanol–water partition coefficient (Wildman–Crippen LogP) is 3.59. The Kier molecular flexibility index (Phi) is 4.12. The second kappa shape index (κ2) is 6.81. The van der Waals surface area contributed by atoms with Gasteiger partial charge >= 0.3 is 0 Å². The summed E-state index contributed by atoms with van der Waals surface area (Å²) in [5.41, 5.74) is 3.96. The van der Waals surface area contributed by atoms with Gasteiger partial charge in [0, 0.05) is 22.9 Å². The maximum Gasteiger partial charge on any atom is 0.272 e. The molecule has 4 aromatic rings. The number of nitrogens with one attached hydrogen (secondary N) is 1. The van der Waals surface area contributed by atoms with Gasteiger partial charge < -0.3 is 10.2 Å². The molecule has 0 saturated heterocycles. The minimum atomic E-state index is -0.203. The third-order valence-electron chi connectivity index (χ3n) is 5.75. The molecule has 2 aromatic heterocycles. The summed E-state index contributed by atoms with van der Waals surface area (Å²) in [6.45, 7) is 0. The first-order valence-corrected chi connectivity index (χ1v) is 9.83. The van der Waals surface area contributed by atoms with Gasteiger partial charge in [0.05, 0.1) is 16.8 Å². The van der Waals surface area contributed by atoms with Crippen molar-refractivity contribution in [2.24, 2.45) is 0 Å². The Morgan fingerprint density at radius 1 is 0.931 bits per heavy atom. The Morgan fingerprint density at radius 2 is 1.62 bits per heavy atom. The molecule has 0 fully saturated rings. The molecule has 2 heterocycles. The van der Waals surface area contributed by atoms with Gasteiger partial charge in [-0.05, 0) is 49.4 Å². The average molecular weight is 387 g/mol. The fourth-order valence-corrected chi connectivity index (χ4v) is 4.32. The Balaban J connectivity index is 1.57. The zero-order valence-electron chi connectivity index (χ0n) is 15.9. The highest BCUT2D eigenvalue weighted by Gasteiger charge is 2.25. The maximum atomic E-state index is 12.0. The molecule has 146 valence electrons. The van der Waals surface area contributed by atoms with Crippen LogP contribution in [0, 0.1) is 0 Å². The van der Waals surface area contributed by atoms with Crippen molar-refractivity contribution in [2.75, 3.05) is 0 Å². The van der Waals surface area contributed by atoms with Crippen molar-refractivity contribution in [3.05, 3.63) is 81.3 Å². The van der Waals surface area contributed by atoms with Gasteiger partial charge in [0.1, 0.15) is 0 Å². The van der Waals surface area contributed by atoms with E-state index in [2.05, 4.69) is 10.2 Å². The van der Waals surface area contributed by atoms with E-state index >= 15 is 0 Å². The van der Waals surface area contributed by atoms with Gasteiger partial charge in [-0.25, -0.2) is 5.10 Å². The third kappa shape index (κ3) is 2.88. The van der Waals surface area contributed by atoms with Gasteiger partial charge in [-0.15, -0.1) is 0 Å². The first-order chi connectivity index (χ1) is 14.1. The van der Waals surface area contributed by atoms with Crippen LogP contribution < -0.4 is 5.56 Å². The van der Waals surface area contributed by atoms with E-state index in [4.69, 9.17) is 0 Å². The summed E-state index contributed by atoms with van der Waals surface area (Å²) in [7, 11) is 0. The number of aromatic hydroxyl groups is 2. The molecule has 0 amide bonds. The molecule has 0 aliphatic heterocycles. The van der Waals surface area contributed by atoms with Crippen LogP contribution in [0.2, 0.25) is 0 Å². The molecule has 29 heavy (non-hydrogen) atoms. The number of benzene rings is 2. The van der Waals surface area contributed by atoms with E-state index in [1.54, 1.807) is 6.07 Å². The predicted molar refractivity (Wildman–Crippen MR) is 111 cm³/mol. The van der Waals surface area contributed by atoms with E-state index in [1.807, 2.05) is 42.5 Å². The van der Waals surface area contributed by atoms with Gasteiger partial charge in [-0.1, -0.05) is 30.3 Å². The van der Waals surface area contributed by atoms with Gasteiger partial charge in [0.2, 0.25) is 11.8 Å². The molecule has 0 bridgehead atoms. The minimum absolute atomic E-state index is 0.127. The number of hydrogen-bond donors (Lipinski definition) is 3. The number of nitrogens with zero attached hydrogens (tertiary/aromatic N) is 2. The molecule has 0 atom stereocenters. The van der Waals surface area contributed by atoms with E-state index in [0.717, 1.165) is 53.5 Å². The van der Waals surface area contributed by atoms with Crippen LogP contribution in [0.5, 0.6) is 11.8 Å². The van der Waals surface area contributed by atoms with Crippen LogP contribution in [0.1, 0.15) is 35.2 Å². The number of H-pyrrole nitrogens is 1. The SMILES string of the molecule is O=c1[nH]nc(Cc2cccc(-n3c(O)c4c(c3O)CCCC4)c2)c2ccccc12. The van der Waals surface area contributed by atoms with Crippen LogP contribution in [0.15, 0.2) is 53.3 Å². The molecule has 0 radical (unpaired) electrons. The van der Waals surface area contributed by atoms with Crippen molar-refractivity contribution >= 4 is 10.8 Å². The topological polar surface area (TPSA) is 91.1 Å². The lowest BCUT2D eigenvalue weighted by Crippen LogP contribution is -2.11. The van der Waals surface area contributed by atoms with Gasteiger partial charge in [-0.3, -0.25) is 9.36 Å². The summed E-state index contributed by atoms with van der Waals surface area (Å²) in [6.07, 6.45) is 4.14. The first-order valence-electron chi connectivity index (χ1n) is 9.83. The fraction of sp³-hybridized carbons (Fsp3) is 0.217. The number of fused-ring (bicyclic) bond motifs is 2. The molecule has 6 nitrogen and oxygen atoms in total. The summed E-state index contributed by atoms with van der Waals surface area (Å²) in [5, 5.41) is 29.7. The summed E-state index contributed by atoms with van der Waals surface area (Å²) >= 11 is 0. The molecule has 5 rings (SSSR count). The van der Waals surface area contributed by atoms with Crippen molar-refractivity contribution in [3.8, 4) is 17.4 Å². The second-order valence-corrected chi connectivity index (χ2v) is 7.54. The Labute approximate surface area is 167 Å². The summed E-state index contributed by atoms with van der Waals surface area (Å²) in [4.78, 5) is 12.0. The largest absolute Gasteiger partial charge is 0.494 e. The van der Waals surface area contributed by atoms with Gasteiger partial charge in [0.25, 0.3) is 5.56 Å². The van der Waals surface area contributed by atoms with E-state index in [1.165, 1.54) is 4.57 Å². The number of rotatable bonds is 3. The van der Waals surface area contributed by atoms with E-state index in [9.17, 15) is 15.0 Å². The Morgan fingerprint density at radius 3 is 2.34 bits per heavy atom. The summed E-state index contributed by atoms with van der Waals surface area (Å²) in [5.74, 6) is 0.254. The van der Waals surface area contributed by atoms with Crippen LogP contribution in [0.25, 0.3) is 16.5 Å². The van der Waals surface area contributed by atoms with Gasteiger partial charge in [-0.2, -0.15) is 5.10 Å². The smallest absolute Gasteiger partial charge is 0.272 e. The molecular weight excluding hydrogens is 366 g/mol. The molecule has 1 aliphatic carbocycles. The fourth-order valence-electron chi connectivity index (χ4n) is 4.32. The summed E-state index contributed by atoms with van der Waals surface area (Å²) in [6, 6.07) is 15.1. The zero-order valence-corrected chi connectivity index (χ0v) is 15.9. The van der Waals surface area contributed by atoms with E-state index in [0.29, 0.717) is 17.5 Å². The zero-order chi connectivity index (χ0) is 20.0. The van der Waals surface area contributed by atoms with Crippen LogP contribution in [-0.4, -0.2) is 25.0 Å². The van der Waals surface area contributed by atoms with Crippen LogP contribution in [-0.2, 0) is 19.3 Å². The molecule has 2 aromatic carbocycles. The molecule has 3 N–H and O–H groups in total. The highest BCUT2D eigenvalue weighted by Crippen LogP contribution is 2.40. The lowest BCUT2D eigenvalue weighted by atomic mass is 9.95. The number of aromatic nitrogens is 3. The summed E-state index contributed by atoms with van der Waals surface area (Å²) < 4.78 is 1.53. The normalized spacial score (nSPS) is 13.5. The molecule has 0 unspecified atom stereocenters. The third-order valence-corrected chi connectivity index (χ3v) is 5.75. The maximum absolute atomic E-state index is 12.0. The second-order valence-electron chi connectivity index (χ2n) is 7.54. The monoisotopic (exact) mass is 387 g/mol. The molecule has 1 aliphatic rings. The number of aromatic amines is 1. The lowest BCUT2D eigenvalue weighted by molar-refractivity contribution is 0.399. The van der Waals surface area contributed by atoms with Gasteiger partial charge in [0.15, 0.2) is 0 Å². The van der Waals surface area contributed by atoms with Crippen LogP contribution in [0.3, 0.4) is 0 Å². The Hall–Kier alpha value is -3.54.